The zero-order valence-electron chi connectivity index (χ0n) is 11.8. The molecule has 1 heterocycles. The van der Waals surface area contributed by atoms with Crippen LogP contribution in [0.2, 0.25) is 0 Å². The predicted molar refractivity (Wildman–Crippen MR) is 83.2 cm³/mol. The smallest absolute Gasteiger partial charge is 0.145 e. The highest BCUT2D eigenvalue weighted by Gasteiger charge is 2.12. The highest BCUT2D eigenvalue weighted by atomic mass is 16.5. The first kappa shape index (κ1) is 12.9. The lowest BCUT2D eigenvalue weighted by Crippen LogP contribution is -2.18. The molecule has 0 spiro atoms. The van der Waals surface area contributed by atoms with Gasteiger partial charge in [0.2, 0.25) is 0 Å². The minimum absolute atomic E-state index is 0.107. The third-order valence-corrected chi connectivity index (χ3v) is 3.53. The highest BCUT2D eigenvalue weighted by Crippen LogP contribution is 2.31. The van der Waals surface area contributed by atoms with Crippen LogP contribution in [0.25, 0.3) is 21.8 Å². The summed E-state index contributed by atoms with van der Waals surface area (Å²) in [4.78, 5) is 4.75. The molecule has 2 N–H and O–H groups in total. The Bertz CT molecular complexity index is 765. The number of ether oxygens (including phenoxy) is 1. The summed E-state index contributed by atoms with van der Waals surface area (Å²) in [5.74, 6) is 0.805. The molecule has 102 valence electrons. The quantitative estimate of drug-likeness (QED) is 0.740. The van der Waals surface area contributed by atoms with E-state index in [1.54, 1.807) is 7.11 Å². The van der Waals surface area contributed by atoms with Crippen molar-refractivity contribution in [2.45, 2.75) is 19.4 Å². The Balaban J connectivity index is 2.43. The fourth-order valence-corrected chi connectivity index (χ4v) is 2.68. The van der Waals surface area contributed by atoms with Crippen molar-refractivity contribution in [1.29, 1.82) is 0 Å². The van der Waals surface area contributed by atoms with E-state index in [2.05, 4.69) is 12.1 Å². The molecule has 0 aliphatic heterocycles. The number of nitrogens with zero attached hydrogens (tertiary/aromatic N) is 1. The summed E-state index contributed by atoms with van der Waals surface area (Å²) in [5.41, 5.74) is 9.17. The van der Waals surface area contributed by atoms with E-state index in [0.29, 0.717) is 0 Å². The Morgan fingerprint density at radius 2 is 1.85 bits per heavy atom. The van der Waals surface area contributed by atoms with Gasteiger partial charge < -0.3 is 10.5 Å². The zero-order chi connectivity index (χ0) is 14.1. The van der Waals surface area contributed by atoms with E-state index < -0.39 is 0 Å². The molecule has 0 radical (unpaired) electrons. The first-order chi connectivity index (χ1) is 9.70. The Hall–Kier alpha value is -2.13. The first-order valence-corrected chi connectivity index (χ1v) is 6.80. The molecule has 0 fully saturated rings. The van der Waals surface area contributed by atoms with Gasteiger partial charge in [0.05, 0.1) is 12.6 Å². The molecule has 0 amide bonds. The van der Waals surface area contributed by atoms with E-state index in [1.807, 2.05) is 37.3 Å². The molecule has 0 aliphatic carbocycles. The molecule has 3 heteroatoms. The molecule has 3 nitrogen and oxygen atoms in total. The molecule has 0 saturated carbocycles. The van der Waals surface area contributed by atoms with Gasteiger partial charge in [0.25, 0.3) is 0 Å². The van der Waals surface area contributed by atoms with Crippen molar-refractivity contribution in [3.05, 3.63) is 48.0 Å². The number of benzene rings is 2. The molecule has 0 bridgehead atoms. The summed E-state index contributed by atoms with van der Waals surface area (Å²) in [6.07, 6.45) is 0.826. The molecule has 1 unspecified atom stereocenters. The SMILES string of the molecule is COc1cccc2c(CC(C)N)c3ccccc3nc12. The number of aromatic nitrogens is 1. The van der Waals surface area contributed by atoms with Gasteiger partial charge in [-0.25, -0.2) is 4.98 Å². The van der Waals surface area contributed by atoms with E-state index in [0.717, 1.165) is 28.6 Å². The number of methoxy groups -OCH3 is 1. The molecule has 20 heavy (non-hydrogen) atoms. The number of hydrogen-bond donors (Lipinski definition) is 1. The van der Waals surface area contributed by atoms with Gasteiger partial charge >= 0.3 is 0 Å². The third kappa shape index (κ3) is 2.10. The average Bonchev–Trinajstić information content (AvgIpc) is 2.46. The Morgan fingerprint density at radius 1 is 1.10 bits per heavy atom. The predicted octanol–water partition coefficient (Wildman–Crippen LogP) is 3.29. The van der Waals surface area contributed by atoms with Gasteiger partial charge in [0, 0.05) is 16.8 Å². The van der Waals surface area contributed by atoms with E-state index in [4.69, 9.17) is 15.5 Å². The van der Waals surface area contributed by atoms with Gasteiger partial charge in [0.15, 0.2) is 0 Å². The van der Waals surface area contributed by atoms with Crippen LogP contribution in [-0.4, -0.2) is 18.1 Å². The van der Waals surface area contributed by atoms with Crippen molar-refractivity contribution >= 4 is 21.8 Å². The number of pyridine rings is 1. The average molecular weight is 266 g/mol. The van der Waals surface area contributed by atoms with Crippen LogP contribution in [0.1, 0.15) is 12.5 Å². The van der Waals surface area contributed by atoms with Crippen molar-refractivity contribution in [3.8, 4) is 5.75 Å². The topological polar surface area (TPSA) is 48.1 Å². The summed E-state index contributed by atoms with van der Waals surface area (Å²) in [6, 6.07) is 14.3. The van der Waals surface area contributed by atoms with Gasteiger partial charge in [-0.3, -0.25) is 0 Å². The van der Waals surface area contributed by atoms with Crippen LogP contribution >= 0.6 is 0 Å². The molecule has 0 saturated heterocycles. The normalized spacial score (nSPS) is 12.8. The summed E-state index contributed by atoms with van der Waals surface area (Å²) in [6.45, 7) is 2.03. The second-order valence-electron chi connectivity index (χ2n) is 5.15. The van der Waals surface area contributed by atoms with Crippen LogP contribution in [0.5, 0.6) is 5.75 Å². The number of fused-ring (bicyclic) bond motifs is 2. The first-order valence-electron chi connectivity index (χ1n) is 6.80. The van der Waals surface area contributed by atoms with Crippen LogP contribution < -0.4 is 10.5 Å². The minimum Gasteiger partial charge on any atom is -0.494 e. The Morgan fingerprint density at radius 3 is 2.60 bits per heavy atom. The van der Waals surface area contributed by atoms with Crippen molar-refractivity contribution in [2.75, 3.05) is 7.11 Å². The lowest BCUT2D eigenvalue weighted by atomic mass is 9.97. The van der Waals surface area contributed by atoms with Gasteiger partial charge in [-0.1, -0.05) is 30.3 Å². The highest BCUT2D eigenvalue weighted by molar-refractivity contribution is 5.99. The van der Waals surface area contributed by atoms with E-state index >= 15 is 0 Å². The van der Waals surface area contributed by atoms with E-state index in [1.165, 1.54) is 10.9 Å². The van der Waals surface area contributed by atoms with Gasteiger partial charge in [-0.2, -0.15) is 0 Å². The second kappa shape index (κ2) is 5.10. The summed E-state index contributed by atoms with van der Waals surface area (Å²) >= 11 is 0. The maximum Gasteiger partial charge on any atom is 0.145 e. The number of para-hydroxylation sites is 2. The fraction of sp³-hybridized carbons (Fsp3) is 0.235. The molecule has 3 aromatic rings. The van der Waals surface area contributed by atoms with Crippen molar-refractivity contribution < 1.29 is 4.74 Å². The molecule has 0 aliphatic rings. The van der Waals surface area contributed by atoms with Crippen LogP contribution in [0.3, 0.4) is 0 Å². The maximum atomic E-state index is 6.03. The van der Waals surface area contributed by atoms with Gasteiger partial charge in [0.1, 0.15) is 11.3 Å². The van der Waals surface area contributed by atoms with E-state index in [-0.39, 0.29) is 6.04 Å². The lowest BCUT2D eigenvalue weighted by Gasteiger charge is -2.14. The van der Waals surface area contributed by atoms with Gasteiger partial charge in [-0.15, -0.1) is 0 Å². The minimum atomic E-state index is 0.107. The van der Waals surface area contributed by atoms with Crippen molar-refractivity contribution in [3.63, 3.8) is 0 Å². The standard InChI is InChI=1S/C17H18N2O/c1-11(18)10-14-12-6-3-4-8-15(12)19-17-13(14)7-5-9-16(17)20-2/h3-9,11H,10,18H2,1-2H3. The third-order valence-electron chi connectivity index (χ3n) is 3.53. The van der Waals surface area contributed by atoms with Crippen LogP contribution in [0.15, 0.2) is 42.5 Å². The molecular weight excluding hydrogens is 248 g/mol. The monoisotopic (exact) mass is 266 g/mol. The summed E-state index contributed by atoms with van der Waals surface area (Å²) in [5, 5.41) is 2.30. The Kier molecular flexibility index (Phi) is 3.28. The summed E-state index contributed by atoms with van der Waals surface area (Å²) < 4.78 is 5.44. The van der Waals surface area contributed by atoms with Crippen molar-refractivity contribution in [1.82, 2.24) is 4.98 Å². The maximum absolute atomic E-state index is 6.03. The molecule has 3 rings (SSSR count). The Labute approximate surface area is 118 Å². The summed E-state index contributed by atoms with van der Waals surface area (Å²) in [7, 11) is 1.68. The van der Waals surface area contributed by atoms with Crippen LogP contribution in [-0.2, 0) is 6.42 Å². The lowest BCUT2D eigenvalue weighted by molar-refractivity contribution is 0.419. The molecule has 1 atom stereocenters. The van der Waals surface area contributed by atoms with Crippen LogP contribution in [0.4, 0.5) is 0 Å². The number of hydrogen-bond acceptors (Lipinski definition) is 3. The molecule has 2 aromatic carbocycles. The molecular formula is C17H18N2O. The number of nitrogens with two attached hydrogens (primary N) is 1. The fourth-order valence-electron chi connectivity index (χ4n) is 2.68. The van der Waals surface area contributed by atoms with E-state index in [9.17, 15) is 0 Å². The van der Waals surface area contributed by atoms with Crippen LogP contribution in [0, 0.1) is 0 Å². The largest absolute Gasteiger partial charge is 0.494 e. The molecule has 1 aromatic heterocycles. The number of rotatable bonds is 3. The zero-order valence-corrected chi connectivity index (χ0v) is 11.8. The second-order valence-corrected chi connectivity index (χ2v) is 5.15. The van der Waals surface area contributed by atoms with Gasteiger partial charge in [-0.05, 0) is 31.0 Å². The van der Waals surface area contributed by atoms with Crippen molar-refractivity contribution in [2.24, 2.45) is 5.73 Å².